The van der Waals surface area contributed by atoms with Crippen molar-refractivity contribution in [2.24, 2.45) is 0 Å². The van der Waals surface area contributed by atoms with Crippen LogP contribution in [0.3, 0.4) is 0 Å². The van der Waals surface area contributed by atoms with Gasteiger partial charge in [0, 0.05) is 50.4 Å². The molecule has 0 aliphatic carbocycles. The number of nitrogens with one attached hydrogen (secondary N) is 1. The molecule has 154 valence electrons. The second kappa shape index (κ2) is 8.68. The van der Waals surface area contributed by atoms with Crippen LogP contribution in [0.5, 0.6) is 0 Å². The average molecular weight is 434 g/mol. The third kappa shape index (κ3) is 4.71. The van der Waals surface area contributed by atoms with Crippen molar-refractivity contribution in [3.05, 3.63) is 40.3 Å². The Bertz CT molecular complexity index is 851. The first-order valence-corrected chi connectivity index (χ1v) is 11.4. The number of amides is 2. The normalized spacial score (nSPS) is 19.1. The Labute approximate surface area is 177 Å². The number of carbonyl (C=O) groups is 2. The Morgan fingerprint density at radius 3 is 2.76 bits per heavy atom. The number of rotatable bonds is 5. The summed E-state index contributed by atoms with van der Waals surface area (Å²) in [4.78, 5) is 36.5. The summed E-state index contributed by atoms with van der Waals surface area (Å²) in [5.74, 6) is 0.758. The number of hydrogen-bond acceptors (Lipinski definition) is 8. The zero-order valence-electron chi connectivity index (χ0n) is 16.2. The third-order valence-electron chi connectivity index (χ3n) is 5.09. The van der Waals surface area contributed by atoms with Gasteiger partial charge in [0.2, 0.25) is 0 Å². The smallest absolute Gasteiger partial charge is 0.426 e. The number of aromatic nitrogens is 2. The van der Waals surface area contributed by atoms with E-state index in [0.717, 1.165) is 36.1 Å². The molecule has 29 heavy (non-hydrogen) atoms. The average Bonchev–Trinajstić information content (AvgIpc) is 3.25. The van der Waals surface area contributed by atoms with Crippen molar-refractivity contribution in [2.45, 2.75) is 37.1 Å². The first-order valence-electron chi connectivity index (χ1n) is 9.58. The molecule has 1 N–H and O–H groups in total. The number of hydrazine groups is 1. The van der Waals surface area contributed by atoms with E-state index in [1.54, 1.807) is 17.8 Å². The molecule has 4 rings (SSSR count). The van der Waals surface area contributed by atoms with Gasteiger partial charge in [-0.3, -0.25) is 9.69 Å². The van der Waals surface area contributed by atoms with E-state index in [4.69, 9.17) is 4.74 Å². The summed E-state index contributed by atoms with van der Waals surface area (Å²) in [5.41, 5.74) is 2.97. The minimum Gasteiger partial charge on any atom is -0.440 e. The summed E-state index contributed by atoms with van der Waals surface area (Å²) in [5, 5.41) is 4.04. The van der Waals surface area contributed by atoms with Crippen molar-refractivity contribution in [1.82, 2.24) is 25.3 Å². The SMILES string of the molecule is CCSc1ncc(CN2CCC3(CC2)CN(C(=O)c2cccs2)NC(=O)O3)cn1. The molecule has 2 aromatic rings. The highest BCUT2D eigenvalue weighted by atomic mass is 32.2. The van der Waals surface area contributed by atoms with Crippen molar-refractivity contribution in [2.75, 3.05) is 25.4 Å². The molecule has 2 aromatic heterocycles. The molecule has 2 saturated heterocycles. The number of hydrogen-bond donors (Lipinski definition) is 1. The van der Waals surface area contributed by atoms with E-state index in [1.165, 1.54) is 16.3 Å². The molecular formula is C19H23N5O3S2. The summed E-state index contributed by atoms with van der Waals surface area (Å²) in [6.45, 7) is 4.75. The van der Waals surface area contributed by atoms with E-state index < -0.39 is 11.7 Å². The number of ether oxygens (including phenoxy) is 1. The van der Waals surface area contributed by atoms with Gasteiger partial charge >= 0.3 is 6.09 Å². The predicted octanol–water partition coefficient (Wildman–Crippen LogP) is 2.78. The Hall–Kier alpha value is -2.17. The summed E-state index contributed by atoms with van der Waals surface area (Å²) < 4.78 is 5.66. The van der Waals surface area contributed by atoms with E-state index in [-0.39, 0.29) is 5.91 Å². The topological polar surface area (TPSA) is 87.7 Å². The van der Waals surface area contributed by atoms with Crippen molar-refractivity contribution < 1.29 is 14.3 Å². The van der Waals surface area contributed by atoms with Gasteiger partial charge in [0.05, 0.1) is 11.4 Å². The number of nitrogens with zero attached hydrogens (tertiary/aromatic N) is 4. The standard InChI is InChI=1S/C19H23N5O3S2/c1-2-28-17-20-10-14(11-21-17)12-23-7-5-19(6-8-23)13-24(22-18(26)27-19)16(25)15-4-3-9-29-15/h3-4,9-11H,2,5-8,12-13H2,1H3,(H,22,26). The maximum atomic E-state index is 12.7. The molecule has 2 aliphatic heterocycles. The highest BCUT2D eigenvalue weighted by molar-refractivity contribution is 7.99. The van der Waals surface area contributed by atoms with Crippen LogP contribution in [0.25, 0.3) is 0 Å². The Morgan fingerprint density at radius 1 is 1.34 bits per heavy atom. The van der Waals surface area contributed by atoms with Crippen molar-refractivity contribution >= 4 is 35.1 Å². The Kier molecular flexibility index (Phi) is 6.02. The minimum atomic E-state index is -0.635. The number of thioether (sulfide) groups is 1. The van der Waals surface area contributed by atoms with E-state index in [9.17, 15) is 9.59 Å². The van der Waals surface area contributed by atoms with Gasteiger partial charge in [-0.05, 0) is 17.2 Å². The molecule has 2 fully saturated rings. The van der Waals surface area contributed by atoms with Crippen LogP contribution in [0, 0.1) is 0 Å². The van der Waals surface area contributed by atoms with Crippen molar-refractivity contribution in [3.8, 4) is 0 Å². The Balaban J connectivity index is 1.36. The summed E-state index contributed by atoms with van der Waals surface area (Å²) in [7, 11) is 0. The third-order valence-corrected chi connectivity index (χ3v) is 6.70. The van der Waals surface area contributed by atoms with E-state index in [0.29, 0.717) is 24.3 Å². The fourth-order valence-corrected chi connectivity index (χ4v) is 4.80. The lowest BCUT2D eigenvalue weighted by molar-refractivity contribution is -0.0887. The lowest BCUT2D eigenvalue weighted by Crippen LogP contribution is -2.63. The van der Waals surface area contributed by atoms with Gasteiger partial charge in [0.1, 0.15) is 5.60 Å². The second-order valence-electron chi connectivity index (χ2n) is 7.14. The predicted molar refractivity (Wildman–Crippen MR) is 111 cm³/mol. The molecule has 8 nitrogen and oxygen atoms in total. The highest BCUT2D eigenvalue weighted by Crippen LogP contribution is 2.31. The van der Waals surface area contributed by atoms with Gasteiger partial charge in [-0.1, -0.05) is 24.8 Å². The quantitative estimate of drug-likeness (QED) is 0.573. The van der Waals surface area contributed by atoms with Crippen LogP contribution < -0.4 is 5.43 Å². The molecule has 0 bridgehead atoms. The first kappa shape index (κ1) is 20.1. The molecule has 2 amide bonds. The number of piperidine rings is 1. The zero-order chi connectivity index (χ0) is 20.3. The molecule has 0 radical (unpaired) electrons. The summed E-state index contributed by atoms with van der Waals surface area (Å²) >= 11 is 2.99. The molecule has 0 aromatic carbocycles. The van der Waals surface area contributed by atoms with Gasteiger partial charge in [0.15, 0.2) is 5.16 Å². The van der Waals surface area contributed by atoms with Gasteiger partial charge < -0.3 is 4.74 Å². The molecule has 10 heteroatoms. The lowest BCUT2D eigenvalue weighted by atomic mass is 9.90. The van der Waals surface area contributed by atoms with Crippen LogP contribution >= 0.6 is 23.1 Å². The van der Waals surface area contributed by atoms with Crippen LogP contribution in [0.1, 0.15) is 35.0 Å². The van der Waals surface area contributed by atoms with Gasteiger partial charge in [0.25, 0.3) is 5.91 Å². The van der Waals surface area contributed by atoms with E-state index in [1.807, 2.05) is 23.8 Å². The minimum absolute atomic E-state index is 0.194. The van der Waals surface area contributed by atoms with Gasteiger partial charge in [-0.25, -0.2) is 25.2 Å². The van der Waals surface area contributed by atoms with Gasteiger partial charge in [-0.15, -0.1) is 11.3 Å². The second-order valence-corrected chi connectivity index (χ2v) is 9.31. The molecule has 0 saturated carbocycles. The maximum absolute atomic E-state index is 12.7. The number of likely N-dealkylation sites (tertiary alicyclic amines) is 1. The lowest BCUT2D eigenvalue weighted by Gasteiger charge is -2.46. The van der Waals surface area contributed by atoms with Crippen molar-refractivity contribution in [3.63, 3.8) is 0 Å². The fourth-order valence-electron chi connectivity index (χ4n) is 3.61. The molecule has 0 atom stereocenters. The Morgan fingerprint density at radius 2 is 2.10 bits per heavy atom. The first-order chi connectivity index (χ1) is 14.1. The zero-order valence-corrected chi connectivity index (χ0v) is 17.8. The van der Waals surface area contributed by atoms with Gasteiger partial charge in [-0.2, -0.15) is 0 Å². The van der Waals surface area contributed by atoms with E-state index >= 15 is 0 Å². The molecular weight excluding hydrogens is 410 g/mol. The van der Waals surface area contributed by atoms with Crippen LogP contribution in [-0.4, -0.2) is 62.9 Å². The van der Waals surface area contributed by atoms with Crippen LogP contribution in [0.2, 0.25) is 0 Å². The molecule has 0 unspecified atom stereocenters. The summed E-state index contributed by atoms with van der Waals surface area (Å²) in [6.07, 6.45) is 4.55. The van der Waals surface area contributed by atoms with E-state index in [2.05, 4.69) is 27.2 Å². The molecule has 4 heterocycles. The maximum Gasteiger partial charge on any atom is 0.426 e. The largest absolute Gasteiger partial charge is 0.440 e. The fraction of sp³-hybridized carbons (Fsp3) is 0.474. The van der Waals surface area contributed by atoms with Crippen LogP contribution in [0.15, 0.2) is 35.1 Å². The highest BCUT2D eigenvalue weighted by Gasteiger charge is 2.45. The molecule has 1 spiro atoms. The van der Waals surface area contributed by atoms with Crippen molar-refractivity contribution in [1.29, 1.82) is 0 Å². The number of carbonyl (C=O) groups excluding carboxylic acids is 2. The molecule has 2 aliphatic rings. The summed E-state index contributed by atoms with van der Waals surface area (Å²) in [6, 6.07) is 3.59. The van der Waals surface area contributed by atoms with Crippen LogP contribution in [-0.2, 0) is 11.3 Å². The number of thiophene rings is 1. The monoisotopic (exact) mass is 433 g/mol. The van der Waals surface area contributed by atoms with Crippen LogP contribution in [0.4, 0.5) is 4.79 Å².